The fourth-order valence-corrected chi connectivity index (χ4v) is 10.7. The average Bonchev–Trinajstić information content (AvgIpc) is 1.83. The van der Waals surface area contributed by atoms with E-state index in [0.29, 0.717) is 12.8 Å². The molecule has 3 saturated heterocycles. The Morgan fingerprint density at radius 3 is 1.27 bits per heavy atom. The van der Waals surface area contributed by atoms with Crippen molar-refractivity contribution >= 4 is 5.91 Å². The van der Waals surface area contributed by atoms with E-state index in [2.05, 4.69) is 104 Å². The lowest BCUT2D eigenvalue weighted by Crippen LogP contribution is -2.66. The van der Waals surface area contributed by atoms with Crippen molar-refractivity contribution in [2.24, 2.45) is 0 Å². The molecule has 3 fully saturated rings. The van der Waals surface area contributed by atoms with Gasteiger partial charge in [-0.1, -0.05) is 207 Å². The Hall–Kier alpha value is -3.29. The van der Waals surface area contributed by atoms with Gasteiger partial charge in [-0.3, -0.25) is 4.79 Å². The maximum Gasteiger partial charge on any atom is 0.220 e. The van der Waals surface area contributed by atoms with Gasteiger partial charge in [-0.15, -0.1) is 0 Å². The van der Waals surface area contributed by atoms with Crippen LogP contribution in [0.15, 0.2) is 97.2 Å². The lowest BCUT2D eigenvalue weighted by atomic mass is 9.96. The van der Waals surface area contributed by atoms with E-state index in [4.69, 9.17) is 28.4 Å². The predicted molar refractivity (Wildman–Crippen MR) is 341 cm³/mol. The Balaban J connectivity index is 1.35. The maximum absolute atomic E-state index is 13.3. The molecule has 88 heavy (non-hydrogen) atoms. The number of aliphatic hydroxyl groups excluding tert-OH is 11. The summed E-state index contributed by atoms with van der Waals surface area (Å²) in [6.07, 6.45) is 38.5. The molecule has 0 aromatic carbocycles. The fraction of sp³-hybridized carbons (Fsp3) is 0.754. The van der Waals surface area contributed by atoms with Gasteiger partial charge in [-0.2, -0.15) is 0 Å². The summed E-state index contributed by atoms with van der Waals surface area (Å²) in [6.45, 7) is 1.53. The molecule has 0 spiro atoms. The number of unbranched alkanes of at least 4 members (excludes halogenated alkanes) is 19. The number of hydrogen-bond donors (Lipinski definition) is 12. The number of amides is 1. The highest BCUT2D eigenvalue weighted by molar-refractivity contribution is 5.76. The van der Waals surface area contributed by atoms with Crippen LogP contribution in [0.5, 0.6) is 0 Å². The van der Waals surface area contributed by atoms with Gasteiger partial charge >= 0.3 is 0 Å². The second-order valence-corrected chi connectivity index (χ2v) is 23.5. The molecule has 3 aliphatic heterocycles. The van der Waals surface area contributed by atoms with Crippen LogP contribution in [-0.2, 0) is 33.2 Å². The van der Waals surface area contributed by atoms with Crippen molar-refractivity contribution in [3.63, 3.8) is 0 Å². The normalized spacial score (nSPS) is 29.0. The lowest BCUT2D eigenvalue weighted by Gasteiger charge is -2.48. The third-order valence-corrected chi connectivity index (χ3v) is 16.1. The quantitative estimate of drug-likeness (QED) is 0.0202. The number of hydrogen-bond acceptors (Lipinski definition) is 18. The van der Waals surface area contributed by atoms with Crippen molar-refractivity contribution in [3.05, 3.63) is 97.2 Å². The van der Waals surface area contributed by atoms with Crippen LogP contribution >= 0.6 is 0 Å². The first-order valence-corrected chi connectivity index (χ1v) is 33.5. The first-order valence-electron chi connectivity index (χ1n) is 33.5. The predicted octanol–water partition coefficient (Wildman–Crippen LogP) is 8.10. The molecule has 3 aliphatic rings. The molecular weight excluding hydrogens is 1130 g/mol. The minimum absolute atomic E-state index is 0.229. The summed E-state index contributed by atoms with van der Waals surface area (Å²) in [6, 6.07) is -0.993. The smallest absolute Gasteiger partial charge is 0.220 e. The van der Waals surface area contributed by atoms with Gasteiger partial charge in [0.15, 0.2) is 18.9 Å². The maximum atomic E-state index is 13.3. The van der Waals surface area contributed by atoms with Gasteiger partial charge in [-0.05, 0) is 83.5 Å². The minimum atomic E-state index is -1.98. The van der Waals surface area contributed by atoms with E-state index in [1.54, 1.807) is 6.08 Å². The number of carbonyl (C=O) groups is 1. The molecule has 19 heteroatoms. The van der Waals surface area contributed by atoms with Gasteiger partial charge in [0.25, 0.3) is 0 Å². The molecule has 506 valence electrons. The molecule has 17 atom stereocenters. The second kappa shape index (κ2) is 50.3. The minimum Gasteiger partial charge on any atom is -0.394 e. The van der Waals surface area contributed by atoms with Gasteiger partial charge in [0.1, 0.15) is 73.2 Å². The molecule has 0 bridgehead atoms. The number of ether oxygens (including phenoxy) is 6. The summed E-state index contributed by atoms with van der Waals surface area (Å²) >= 11 is 0. The molecule has 12 N–H and O–H groups in total. The fourth-order valence-electron chi connectivity index (χ4n) is 10.7. The van der Waals surface area contributed by atoms with Crippen LogP contribution in [0, 0.1) is 0 Å². The van der Waals surface area contributed by atoms with Crippen molar-refractivity contribution in [1.82, 2.24) is 5.32 Å². The average molecular weight is 1250 g/mol. The van der Waals surface area contributed by atoms with Crippen LogP contribution < -0.4 is 5.32 Å². The topological polar surface area (TPSA) is 307 Å². The molecule has 0 aromatic rings. The van der Waals surface area contributed by atoms with E-state index in [9.17, 15) is 61.0 Å². The number of nitrogens with one attached hydrogen (secondary N) is 1. The monoisotopic (exact) mass is 1250 g/mol. The molecule has 3 heterocycles. The van der Waals surface area contributed by atoms with E-state index < -0.39 is 124 Å². The summed E-state index contributed by atoms with van der Waals surface area (Å²) in [4.78, 5) is 13.3. The van der Waals surface area contributed by atoms with Gasteiger partial charge < -0.3 is 89.9 Å². The molecule has 0 aliphatic carbocycles. The third kappa shape index (κ3) is 32.3. The zero-order valence-corrected chi connectivity index (χ0v) is 53.2. The molecule has 1 amide bonds. The Morgan fingerprint density at radius 1 is 0.420 bits per heavy atom. The van der Waals surface area contributed by atoms with Crippen LogP contribution in [0.1, 0.15) is 200 Å². The zero-order valence-electron chi connectivity index (χ0n) is 53.2. The first kappa shape index (κ1) is 78.9. The van der Waals surface area contributed by atoms with Crippen molar-refractivity contribution in [2.45, 2.75) is 304 Å². The highest BCUT2D eigenvalue weighted by Crippen LogP contribution is 2.33. The number of allylic oxidation sites excluding steroid dienone is 15. The standard InChI is InChI=1S/C69H117NO18/c1-3-5-7-9-11-13-15-16-17-18-19-20-21-22-23-24-25-26-27-28-29-30-31-32-33-34-35-36-37-39-41-43-45-47-57(75)70-52(53(74)46-44-42-40-38-14-12-10-8-6-4-2)51-83-67-63(81)60(78)65(55(49-72)85-67)88-69-64(82)61(79)66(56(50-73)86-69)87-68-62(80)59(77)58(76)54(48-71)84-68/h5,7,11,13-14,16-17,19-20,22-23,25-26,38,44,46,52-56,58-69,71-74,76-82H,3-4,6,8-10,12,15,18,21,24,27-37,39-43,45,47-51H2,1-2H3,(H,70,75)/b7-5-,13-11-,17-16-,20-19-,23-22-,26-25-,38-14+,46-44+. The molecule has 19 nitrogen and oxygen atoms in total. The van der Waals surface area contributed by atoms with E-state index in [1.165, 1.54) is 77.0 Å². The molecule has 0 radical (unpaired) electrons. The summed E-state index contributed by atoms with van der Waals surface area (Å²) in [5.41, 5.74) is 0. The first-order chi connectivity index (χ1) is 42.8. The van der Waals surface area contributed by atoms with Gasteiger partial charge in [0.2, 0.25) is 5.91 Å². The van der Waals surface area contributed by atoms with Crippen molar-refractivity contribution in [1.29, 1.82) is 0 Å². The van der Waals surface area contributed by atoms with Crippen molar-refractivity contribution < 1.29 is 89.4 Å². The lowest BCUT2D eigenvalue weighted by molar-refractivity contribution is -0.379. The SMILES string of the molecule is CC/C=C\C/C=C\C/C=C\C/C=C\C/C=C\C/C=C\CCCCCCCCCCCCCCCCC(=O)NC(COC1OC(CO)C(OC2OC(CO)C(OC3OC(CO)C(O)C(O)C3O)C(O)C2O)C(O)C1O)C(O)/C=C/CC/C=C/CCCCCC. The second-order valence-electron chi connectivity index (χ2n) is 23.5. The largest absolute Gasteiger partial charge is 0.394 e. The van der Waals surface area contributed by atoms with E-state index >= 15 is 0 Å². The van der Waals surface area contributed by atoms with Crippen LogP contribution in [0.25, 0.3) is 0 Å². The summed E-state index contributed by atoms with van der Waals surface area (Å²) < 4.78 is 34.2. The Morgan fingerprint density at radius 2 is 0.795 bits per heavy atom. The highest BCUT2D eigenvalue weighted by Gasteiger charge is 2.53. The van der Waals surface area contributed by atoms with Gasteiger partial charge in [0.05, 0.1) is 38.6 Å². The number of carbonyl (C=O) groups excluding carboxylic acids is 1. The van der Waals surface area contributed by atoms with Crippen LogP contribution in [0.4, 0.5) is 0 Å². The summed E-state index contributed by atoms with van der Waals surface area (Å²) in [5, 5.41) is 120. The van der Waals surface area contributed by atoms with E-state index in [-0.39, 0.29) is 18.9 Å². The van der Waals surface area contributed by atoms with Crippen molar-refractivity contribution in [2.75, 3.05) is 26.4 Å². The Labute approximate surface area is 526 Å². The van der Waals surface area contributed by atoms with Crippen LogP contribution in [-0.4, -0.2) is 193 Å². The van der Waals surface area contributed by atoms with Crippen LogP contribution in [0.2, 0.25) is 0 Å². The third-order valence-electron chi connectivity index (χ3n) is 16.1. The summed E-state index contributed by atoms with van der Waals surface area (Å²) in [5.74, 6) is -0.293. The Bertz CT molecular complexity index is 1970. The van der Waals surface area contributed by atoms with Gasteiger partial charge in [-0.25, -0.2) is 0 Å². The zero-order chi connectivity index (χ0) is 64.0. The van der Waals surface area contributed by atoms with Crippen molar-refractivity contribution in [3.8, 4) is 0 Å². The van der Waals surface area contributed by atoms with E-state index in [1.807, 2.05) is 6.08 Å². The van der Waals surface area contributed by atoms with E-state index in [0.717, 1.165) is 89.9 Å². The molecule has 0 aromatic heterocycles. The molecule has 3 rings (SSSR count). The number of aliphatic hydroxyl groups is 11. The molecule has 0 saturated carbocycles. The molecule has 17 unspecified atom stereocenters. The highest BCUT2D eigenvalue weighted by atomic mass is 16.8. The number of rotatable bonds is 49. The summed E-state index contributed by atoms with van der Waals surface area (Å²) in [7, 11) is 0. The Kier molecular flexibility index (Phi) is 45.1. The molecular formula is C69H117NO18. The van der Waals surface area contributed by atoms with Gasteiger partial charge in [0, 0.05) is 6.42 Å². The van der Waals surface area contributed by atoms with Crippen LogP contribution in [0.3, 0.4) is 0 Å².